The second-order valence-corrected chi connectivity index (χ2v) is 7.52. The number of hydrogen-bond acceptors (Lipinski definition) is 3. The van der Waals surface area contributed by atoms with Gasteiger partial charge in [-0.3, -0.25) is 0 Å². The molecule has 0 amide bonds. The van der Waals surface area contributed by atoms with Crippen molar-refractivity contribution >= 4 is 5.71 Å². The zero-order valence-electron chi connectivity index (χ0n) is 15.9. The normalized spacial score (nSPS) is 20.2. The van der Waals surface area contributed by atoms with Crippen LogP contribution in [0.2, 0.25) is 0 Å². The molecule has 0 aliphatic carbocycles. The molecule has 4 heteroatoms. The van der Waals surface area contributed by atoms with E-state index in [4.69, 9.17) is 9.84 Å². The maximum Gasteiger partial charge on any atom is 0.214 e. The van der Waals surface area contributed by atoms with E-state index < -0.39 is 0 Å². The first kappa shape index (κ1) is 17.0. The third-order valence-corrected chi connectivity index (χ3v) is 5.57. The Hall–Kier alpha value is -3.14. The summed E-state index contributed by atoms with van der Waals surface area (Å²) >= 11 is 0. The molecule has 0 spiro atoms. The van der Waals surface area contributed by atoms with Gasteiger partial charge in [0.2, 0.25) is 6.23 Å². The number of hydrogen-bond donors (Lipinski definition) is 0. The van der Waals surface area contributed by atoms with E-state index in [9.17, 15) is 4.39 Å². The van der Waals surface area contributed by atoms with E-state index in [-0.39, 0.29) is 18.1 Å². The van der Waals surface area contributed by atoms with Crippen molar-refractivity contribution in [2.75, 3.05) is 0 Å². The molecule has 3 aromatic carbocycles. The number of hydrazone groups is 1. The van der Waals surface area contributed by atoms with Gasteiger partial charge in [-0.15, -0.1) is 0 Å². The van der Waals surface area contributed by atoms with Crippen LogP contribution >= 0.6 is 0 Å². The number of para-hydroxylation sites is 1. The van der Waals surface area contributed by atoms with E-state index in [2.05, 4.69) is 43.1 Å². The van der Waals surface area contributed by atoms with Crippen LogP contribution in [-0.2, 0) is 0 Å². The van der Waals surface area contributed by atoms with Crippen molar-refractivity contribution in [1.82, 2.24) is 5.01 Å². The summed E-state index contributed by atoms with van der Waals surface area (Å²) in [4.78, 5) is 0. The van der Waals surface area contributed by atoms with Gasteiger partial charge < -0.3 is 4.74 Å². The van der Waals surface area contributed by atoms with Crippen molar-refractivity contribution in [2.45, 2.75) is 32.5 Å². The Balaban J connectivity index is 1.61. The standard InChI is InChI=1S/C24H21FN2O/c1-15-7-12-19(16(2)13-15)24-27-22(20-5-3-4-6-23(20)28-24)14-21(26-27)17-8-10-18(25)11-9-17/h3-13,22,24H,14H2,1-2H3/t22-,24-/m1/s1. The Kier molecular flexibility index (Phi) is 3.93. The first-order valence-corrected chi connectivity index (χ1v) is 9.54. The fourth-order valence-electron chi connectivity index (χ4n) is 4.16. The maximum absolute atomic E-state index is 13.4. The smallest absolute Gasteiger partial charge is 0.214 e. The summed E-state index contributed by atoms with van der Waals surface area (Å²) in [7, 11) is 0. The molecule has 28 heavy (non-hydrogen) atoms. The Morgan fingerprint density at radius 1 is 0.964 bits per heavy atom. The highest BCUT2D eigenvalue weighted by atomic mass is 19.1. The van der Waals surface area contributed by atoms with Gasteiger partial charge in [-0.25, -0.2) is 9.40 Å². The van der Waals surface area contributed by atoms with Crippen molar-refractivity contribution in [3.63, 3.8) is 0 Å². The summed E-state index contributed by atoms with van der Waals surface area (Å²) in [6.45, 7) is 4.21. The Morgan fingerprint density at radius 2 is 1.75 bits per heavy atom. The highest BCUT2D eigenvalue weighted by Crippen LogP contribution is 2.47. The minimum absolute atomic E-state index is 0.107. The highest BCUT2D eigenvalue weighted by molar-refractivity contribution is 6.01. The minimum atomic E-state index is -0.279. The van der Waals surface area contributed by atoms with Crippen LogP contribution in [0.15, 0.2) is 71.8 Å². The molecule has 140 valence electrons. The molecular formula is C24H21FN2O. The third kappa shape index (κ3) is 2.76. The molecule has 2 aliphatic rings. The zero-order chi connectivity index (χ0) is 19.3. The third-order valence-electron chi connectivity index (χ3n) is 5.57. The van der Waals surface area contributed by atoms with Gasteiger partial charge in [0, 0.05) is 17.5 Å². The first-order valence-electron chi connectivity index (χ1n) is 9.54. The number of benzene rings is 3. The van der Waals surface area contributed by atoms with E-state index in [1.54, 1.807) is 12.1 Å². The largest absolute Gasteiger partial charge is 0.464 e. The summed E-state index contributed by atoms with van der Waals surface area (Å²) in [5.74, 6) is 0.672. The lowest BCUT2D eigenvalue weighted by molar-refractivity contribution is -0.0194. The van der Waals surface area contributed by atoms with Crippen LogP contribution in [0.25, 0.3) is 0 Å². The molecule has 0 radical (unpaired) electrons. The molecule has 0 unspecified atom stereocenters. The van der Waals surface area contributed by atoms with Crippen molar-refractivity contribution in [2.24, 2.45) is 5.10 Å². The topological polar surface area (TPSA) is 24.8 Å². The van der Waals surface area contributed by atoms with E-state index >= 15 is 0 Å². The number of ether oxygens (including phenoxy) is 1. The lowest BCUT2D eigenvalue weighted by atomic mass is 9.95. The van der Waals surface area contributed by atoms with Gasteiger partial charge in [0.25, 0.3) is 0 Å². The van der Waals surface area contributed by atoms with Gasteiger partial charge in [-0.1, -0.05) is 54.1 Å². The SMILES string of the molecule is Cc1ccc([C@H]2Oc3ccccc3[C@H]3CC(c4ccc(F)cc4)=NN32)c(C)c1. The Labute approximate surface area is 164 Å². The number of aryl methyl sites for hydroxylation is 2. The van der Waals surface area contributed by atoms with Crippen molar-refractivity contribution in [3.8, 4) is 5.75 Å². The summed E-state index contributed by atoms with van der Waals surface area (Å²) in [5.41, 5.74) is 6.59. The lowest BCUT2D eigenvalue weighted by Crippen LogP contribution is -2.34. The molecule has 2 atom stereocenters. The molecule has 3 nitrogen and oxygen atoms in total. The van der Waals surface area contributed by atoms with Gasteiger partial charge in [-0.2, -0.15) is 5.10 Å². The number of fused-ring (bicyclic) bond motifs is 3. The number of nitrogens with zero attached hydrogens (tertiary/aromatic N) is 2. The molecule has 0 N–H and O–H groups in total. The minimum Gasteiger partial charge on any atom is -0.464 e. The summed E-state index contributed by atoms with van der Waals surface area (Å²) in [6.07, 6.45) is 0.492. The van der Waals surface area contributed by atoms with E-state index in [1.807, 2.05) is 18.2 Å². The molecule has 0 bridgehead atoms. The van der Waals surface area contributed by atoms with E-state index in [0.29, 0.717) is 0 Å². The van der Waals surface area contributed by atoms with Gasteiger partial charge in [-0.05, 0) is 43.2 Å². The molecule has 3 aromatic rings. The number of rotatable bonds is 2. The van der Waals surface area contributed by atoms with Crippen molar-refractivity contribution in [1.29, 1.82) is 0 Å². The summed E-state index contributed by atoms with van der Waals surface area (Å²) in [6, 6.07) is 21.3. The first-order chi connectivity index (χ1) is 13.6. The Morgan fingerprint density at radius 3 is 2.54 bits per heavy atom. The fourth-order valence-corrected chi connectivity index (χ4v) is 4.16. The summed E-state index contributed by atoms with van der Waals surface area (Å²) < 4.78 is 19.8. The van der Waals surface area contributed by atoms with Crippen LogP contribution in [-0.4, -0.2) is 10.7 Å². The van der Waals surface area contributed by atoms with Crippen LogP contribution in [0.3, 0.4) is 0 Å². The average molecular weight is 372 g/mol. The van der Waals surface area contributed by atoms with E-state index in [0.717, 1.165) is 34.6 Å². The second-order valence-electron chi connectivity index (χ2n) is 7.52. The van der Waals surface area contributed by atoms with E-state index in [1.165, 1.54) is 23.3 Å². The van der Waals surface area contributed by atoms with Gasteiger partial charge in [0.15, 0.2) is 0 Å². The molecule has 0 aromatic heterocycles. The lowest BCUT2D eigenvalue weighted by Gasteiger charge is -2.38. The fraction of sp³-hybridized carbons (Fsp3) is 0.208. The van der Waals surface area contributed by atoms with Crippen LogP contribution < -0.4 is 4.74 Å². The monoisotopic (exact) mass is 372 g/mol. The molecule has 0 saturated heterocycles. The molecule has 2 heterocycles. The predicted molar refractivity (Wildman–Crippen MR) is 108 cm³/mol. The van der Waals surface area contributed by atoms with Gasteiger partial charge in [0.05, 0.1) is 11.8 Å². The molecule has 2 aliphatic heterocycles. The van der Waals surface area contributed by atoms with Crippen molar-refractivity contribution in [3.05, 3.63) is 100 Å². The molecular weight excluding hydrogens is 351 g/mol. The predicted octanol–water partition coefficient (Wildman–Crippen LogP) is 5.68. The van der Waals surface area contributed by atoms with Crippen LogP contribution in [0, 0.1) is 19.7 Å². The van der Waals surface area contributed by atoms with Gasteiger partial charge >= 0.3 is 0 Å². The van der Waals surface area contributed by atoms with Crippen LogP contribution in [0.5, 0.6) is 5.75 Å². The summed E-state index contributed by atoms with van der Waals surface area (Å²) in [5, 5.41) is 7.00. The Bertz CT molecular complexity index is 1070. The van der Waals surface area contributed by atoms with Crippen molar-refractivity contribution < 1.29 is 9.13 Å². The molecule has 0 fully saturated rings. The van der Waals surface area contributed by atoms with Gasteiger partial charge in [0.1, 0.15) is 11.6 Å². The second kappa shape index (κ2) is 6.48. The maximum atomic E-state index is 13.4. The number of halogens is 1. The molecule has 5 rings (SSSR count). The zero-order valence-corrected chi connectivity index (χ0v) is 15.9. The average Bonchev–Trinajstić information content (AvgIpc) is 3.14. The quantitative estimate of drug-likeness (QED) is 0.578. The van der Waals surface area contributed by atoms with Crippen LogP contribution in [0.4, 0.5) is 4.39 Å². The highest BCUT2D eigenvalue weighted by Gasteiger charge is 2.41. The van der Waals surface area contributed by atoms with Crippen LogP contribution in [0.1, 0.15) is 46.5 Å². The molecule has 0 saturated carbocycles.